The summed E-state index contributed by atoms with van der Waals surface area (Å²) in [5, 5.41) is 2.50. The number of hydrogen-bond acceptors (Lipinski definition) is 5. The first-order valence-corrected chi connectivity index (χ1v) is 12.2. The van der Waals surface area contributed by atoms with Crippen molar-refractivity contribution in [3.05, 3.63) is 58.1 Å². The van der Waals surface area contributed by atoms with Gasteiger partial charge in [-0.15, -0.1) is 0 Å². The number of hydrazine groups is 1. The lowest BCUT2D eigenvalue weighted by Crippen LogP contribution is -2.48. The van der Waals surface area contributed by atoms with Gasteiger partial charge in [-0.3, -0.25) is 25.8 Å². The predicted molar refractivity (Wildman–Crippen MR) is 137 cm³/mol. The lowest BCUT2D eigenvalue weighted by Gasteiger charge is -2.14. The summed E-state index contributed by atoms with van der Waals surface area (Å²) in [5.41, 5.74) is 5.78. The van der Waals surface area contributed by atoms with Crippen molar-refractivity contribution in [2.75, 3.05) is 13.2 Å². The Morgan fingerprint density at radius 2 is 1.64 bits per heavy atom. The fourth-order valence-electron chi connectivity index (χ4n) is 2.85. The molecule has 2 aromatic carbocycles. The third-order valence-corrected chi connectivity index (χ3v) is 5.38. The molecule has 2 amide bonds. The number of benzene rings is 2. The summed E-state index contributed by atoms with van der Waals surface area (Å²) in [6.45, 7) is 5.28. The highest BCUT2D eigenvalue weighted by Crippen LogP contribution is 2.26. The quantitative estimate of drug-likeness (QED) is 0.209. The van der Waals surface area contributed by atoms with Gasteiger partial charge in [0.05, 0.1) is 23.2 Å². The van der Waals surface area contributed by atoms with E-state index >= 15 is 0 Å². The Hall–Kier alpha value is -2.65. The molecule has 0 aromatic heterocycles. The maximum absolute atomic E-state index is 12.5. The van der Waals surface area contributed by atoms with Crippen molar-refractivity contribution in [1.82, 2.24) is 16.2 Å². The maximum Gasteiger partial charge on any atom is 0.273 e. The number of thiocarbonyl (C=S) groups is 1. The van der Waals surface area contributed by atoms with Gasteiger partial charge < -0.3 is 9.47 Å². The number of amides is 2. The summed E-state index contributed by atoms with van der Waals surface area (Å²) in [7, 11) is 0. The molecule has 0 aliphatic carbocycles. The van der Waals surface area contributed by atoms with Crippen molar-refractivity contribution in [3.8, 4) is 11.5 Å². The average molecular weight is 536 g/mol. The molecule has 0 heterocycles. The summed E-state index contributed by atoms with van der Waals surface area (Å²) in [4.78, 5) is 25.0. The second-order valence-corrected chi connectivity index (χ2v) is 8.52. The highest BCUT2D eigenvalue weighted by Gasteiger charge is 2.14. The Bertz CT molecular complexity index is 955. The fourth-order valence-corrected chi connectivity index (χ4v) is 3.49. The number of halogens is 1. The third-order valence-electron chi connectivity index (χ3n) is 4.56. The van der Waals surface area contributed by atoms with Crippen LogP contribution in [0.15, 0.2) is 46.9 Å². The van der Waals surface area contributed by atoms with Crippen LogP contribution in [0.5, 0.6) is 11.5 Å². The smallest absolute Gasteiger partial charge is 0.273 e. The molecule has 0 atom stereocenters. The van der Waals surface area contributed by atoms with Crippen molar-refractivity contribution in [3.63, 3.8) is 0 Å². The molecule has 0 spiro atoms. The number of para-hydroxylation sites is 1. The van der Waals surface area contributed by atoms with E-state index in [4.69, 9.17) is 21.7 Å². The number of ether oxygens (including phenoxy) is 2. The predicted octanol–water partition coefficient (Wildman–Crippen LogP) is 5.15. The van der Waals surface area contributed by atoms with Gasteiger partial charge in [0.1, 0.15) is 11.5 Å². The monoisotopic (exact) mass is 535 g/mol. The molecule has 0 aliphatic heterocycles. The van der Waals surface area contributed by atoms with Crippen LogP contribution in [0.25, 0.3) is 0 Å². The van der Waals surface area contributed by atoms with Crippen LogP contribution in [0.1, 0.15) is 66.7 Å². The molecule has 0 unspecified atom stereocenters. The Morgan fingerprint density at radius 3 is 2.36 bits per heavy atom. The van der Waals surface area contributed by atoms with Gasteiger partial charge >= 0.3 is 0 Å². The first kappa shape index (κ1) is 26.6. The van der Waals surface area contributed by atoms with Gasteiger partial charge in [0.15, 0.2) is 5.11 Å². The molecule has 0 saturated heterocycles. The average Bonchev–Trinajstić information content (AvgIpc) is 2.82. The first-order chi connectivity index (χ1) is 16.0. The van der Waals surface area contributed by atoms with Crippen LogP contribution in [0.2, 0.25) is 0 Å². The third kappa shape index (κ3) is 9.01. The molecule has 0 aliphatic rings. The molecule has 0 radical (unpaired) electrons. The van der Waals surface area contributed by atoms with Gasteiger partial charge in [-0.1, -0.05) is 45.2 Å². The molecule has 7 nitrogen and oxygen atoms in total. The molecular weight excluding hydrogens is 506 g/mol. The minimum absolute atomic E-state index is 0.0346. The Balaban J connectivity index is 1.85. The largest absolute Gasteiger partial charge is 0.493 e. The molecule has 2 aromatic rings. The van der Waals surface area contributed by atoms with Crippen molar-refractivity contribution in [2.45, 2.75) is 46.0 Å². The Morgan fingerprint density at radius 1 is 0.879 bits per heavy atom. The normalized spacial score (nSPS) is 10.3. The standard InChI is InChI=1S/C24H30BrN3O4S/c1-3-5-6-9-15-32-21-13-12-17(16-19(21)25)22(29)26-24(33)28-27-23(30)18-10-7-8-11-20(18)31-14-4-2/h7-8,10-13,16H,3-6,9,14-15H2,1-2H3,(H,27,30)(H2,26,28,29,33). The molecule has 0 bridgehead atoms. The van der Waals surface area contributed by atoms with Crippen LogP contribution in [-0.4, -0.2) is 30.1 Å². The zero-order valence-corrected chi connectivity index (χ0v) is 21.3. The summed E-state index contributed by atoms with van der Waals surface area (Å²) < 4.78 is 12.0. The van der Waals surface area contributed by atoms with Crippen molar-refractivity contribution in [1.29, 1.82) is 0 Å². The fraction of sp³-hybridized carbons (Fsp3) is 0.375. The maximum atomic E-state index is 12.5. The van der Waals surface area contributed by atoms with Gasteiger partial charge in [0, 0.05) is 5.56 Å². The second kappa shape index (κ2) is 14.5. The molecular formula is C24H30BrN3O4S. The summed E-state index contributed by atoms with van der Waals surface area (Å²) in [6.07, 6.45) is 5.31. The van der Waals surface area contributed by atoms with Crippen molar-refractivity contribution < 1.29 is 19.1 Å². The molecule has 9 heteroatoms. The topological polar surface area (TPSA) is 88.7 Å². The second-order valence-electron chi connectivity index (χ2n) is 7.26. The van der Waals surface area contributed by atoms with Crippen LogP contribution in [-0.2, 0) is 0 Å². The summed E-state index contributed by atoms with van der Waals surface area (Å²) in [6, 6.07) is 12.0. The molecule has 0 fully saturated rings. The van der Waals surface area contributed by atoms with E-state index in [0.717, 1.165) is 19.3 Å². The highest BCUT2D eigenvalue weighted by molar-refractivity contribution is 9.10. The van der Waals surface area contributed by atoms with E-state index in [1.807, 2.05) is 6.92 Å². The zero-order chi connectivity index (χ0) is 24.1. The number of rotatable bonds is 11. The molecule has 0 saturated carbocycles. The number of hydrogen-bond donors (Lipinski definition) is 3. The van der Waals surface area contributed by atoms with E-state index < -0.39 is 11.8 Å². The van der Waals surface area contributed by atoms with E-state index in [9.17, 15) is 9.59 Å². The van der Waals surface area contributed by atoms with Gasteiger partial charge in [-0.25, -0.2) is 0 Å². The van der Waals surface area contributed by atoms with Crippen LogP contribution < -0.4 is 25.6 Å². The lowest BCUT2D eigenvalue weighted by atomic mass is 10.2. The zero-order valence-electron chi connectivity index (χ0n) is 18.9. The van der Waals surface area contributed by atoms with Gasteiger partial charge in [0.2, 0.25) is 0 Å². The van der Waals surface area contributed by atoms with Crippen LogP contribution in [0.3, 0.4) is 0 Å². The van der Waals surface area contributed by atoms with Crippen molar-refractivity contribution >= 4 is 45.1 Å². The number of nitrogens with one attached hydrogen (secondary N) is 3. The van der Waals surface area contributed by atoms with Crippen LogP contribution in [0.4, 0.5) is 0 Å². The van der Waals surface area contributed by atoms with Gasteiger partial charge in [-0.05, 0) is 71.3 Å². The lowest BCUT2D eigenvalue weighted by molar-refractivity contribution is 0.0931. The van der Waals surface area contributed by atoms with E-state index in [0.29, 0.717) is 40.3 Å². The van der Waals surface area contributed by atoms with Crippen LogP contribution >= 0.6 is 28.1 Å². The minimum Gasteiger partial charge on any atom is -0.493 e. The summed E-state index contributed by atoms with van der Waals surface area (Å²) >= 11 is 8.57. The number of carbonyl (C=O) groups excluding carboxylic acids is 2. The molecule has 2 rings (SSSR count). The van der Waals surface area contributed by atoms with E-state index in [-0.39, 0.29) is 5.11 Å². The van der Waals surface area contributed by atoms with Gasteiger partial charge in [0.25, 0.3) is 11.8 Å². The molecule has 178 valence electrons. The van der Waals surface area contributed by atoms with E-state index in [1.54, 1.807) is 42.5 Å². The Labute approximate surface area is 208 Å². The Kier molecular flexibility index (Phi) is 11.7. The minimum atomic E-state index is -0.429. The van der Waals surface area contributed by atoms with Crippen molar-refractivity contribution in [2.24, 2.45) is 0 Å². The first-order valence-electron chi connectivity index (χ1n) is 11.0. The van der Waals surface area contributed by atoms with Gasteiger partial charge in [-0.2, -0.15) is 0 Å². The SMILES string of the molecule is CCCCCCOc1ccc(C(=O)NC(=S)NNC(=O)c2ccccc2OCCC)cc1Br. The highest BCUT2D eigenvalue weighted by atomic mass is 79.9. The van der Waals surface area contributed by atoms with Crippen LogP contribution in [0, 0.1) is 0 Å². The number of carbonyl (C=O) groups is 2. The molecule has 3 N–H and O–H groups in total. The number of unbranched alkanes of at least 4 members (excludes halogenated alkanes) is 3. The van der Waals surface area contributed by atoms with E-state index in [1.165, 1.54) is 12.8 Å². The van der Waals surface area contributed by atoms with E-state index in [2.05, 4.69) is 39.0 Å². The summed E-state index contributed by atoms with van der Waals surface area (Å²) in [5.74, 6) is 0.316. The molecule has 33 heavy (non-hydrogen) atoms.